The number of carbonyl (C=O) groups excluding carboxylic acids is 1. The van der Waals surface area contributed by atoms with Gasteiger partial charge in [-0.15, -0.1) is 0 Å². The number of amides is 1. The van der Waals surface area contributed by atoms with Crippen LogP contribution in [-0.2, 0) is 0 Å². The predicted octanol–water partition coefficient (Wildman–Crippen LogP) is 1.50. The minimum absolute atomic E-state index is 0.193. The van der Waals surface area contributed by atoms with E-state index in [0.717, 1.165) is 0 Å². The Balaban J connectivity index is 2.92. The third-order valence-corrected chi connectivity index (χ3v) is 2.73. The summed E-state index contributed by atoms with van der Waals surface area (Å²) in [5.74, 6) is -0.168. The molecule has 4 nitrogen and oxygen atoms in total. The molecule has 1 aromatic rings. The van der Waals surface area contributed by atoms with Crippen molar-refractivity contribution in [2.75, 3.05) is 27.2 Å². The number of ether oxygens (including phenoxy) is 1. The minimum Gasteiger partial charge on any atom is -0.496 e. The smallest absolute Gasteiger partial charge is 0.257 e. The highest BCUT2D eigenvalue weighted by Gasteiger charge is 2.18. The van der Waals surface area contributed by atoms with E-state index in [1.54, 1.807) is 7.05 Å². The first kappa shape index (κ1) is 14.4. The highest BCUT2D eigenvalue weighted by molar-refractivity contribution is 5.96. The average molecular weight is 254 g/mol. The first-order valence-electron chi connectivity index (χ1n) is 5.78. The highest BCUT2D eigenvalue weighted by Crippen LogP contribution is 2.21. The molecule has 1 amide bonds. The zero-order valence-corrected chi connectivity index (χ0v) is 10.9. The number of carbonyl (C=O) groups is 1. The van der Waals surface area contributed by atoms with Gasteiger partial charge in [0.15, 0.2) is 0 Å². The van der Waals surface area contributed by atoms with Crippen LogP contribution in [0.5, 0.6) is 5.75 Å². The van der Waals surface area contributed by atoms with E-state index < -0.39 is 5.82 Å². The van der Waals surface area contributed by atoms with Crippen molar-refractivity contribution in [1.29, 1.82) is 0 Å². The van der Waals surface area contributed by atoms with E-state index in [1.165, 1.54) is 30.2 Å². The molecule has 0 aromatic heterocycles. The molecular formula is C13H19FN2O2. The molecule has 0 bridgehead atoms. The Kier molecular flexibility index (Phi) is 5.09. The van der Waals surface area contributed by atoms with Gasteiger partial charge in [-0.2, -0.15) is 0 Å². The largest absolute Gasteiger partial charge is 0.496 e. The van der Waals surface area contributed by atoms with Crippen molar-refractivity contribution in [3.63, 3.8) is 0 Å². The maximum Gasteiger partial charge on any atom is 0.257 e. The lowest BCUT2D eigenvalue weighted by Crippen LogP contribution is -2.33. The van der Waals surface area contributed by atoms with E-state index in [1.807, 2.05) is 6.92 Å². The van der Waals surface area contributed by atoms with Gasteiger partial charge >= 0.3 is 0 Å². The molecule has 1 aromatic carbocycles. The lowest BCUT2D eigenvalue weighted by Gasteiger charge is -2.21. The fraction of sp³-hybridized carbons (Fsp3) is 0.462. The van der Waals surface area contributed by atoms with E-state index >= 15 is 0 Å². The third kappa shape index (κ3) is 3.43. The molecule has 0 heterocycles. The van der Waals surface area contributed by atoms with Crippen LogP contribution in [0.15, 0.2) is 18.2 Å². The highest BCUT2D eigenvalue weighted by atomic mass is 19.1. The van der Waals surface area contributed by atoms with Gasteiger partial charge in [-0.25, -0.2) is 4.39 Å². The van der Waals surface area contributed by atoms with Gasteiger partial charge in [0.1, 0.15) is 11.6 Å². The van der Waals surface area contributed by atoms with Crippen LogP contribution in [0.4, 0.5) is 4.39 Å². The van der Waals surface area contributed by atoms with Gasteiger partial charge in [0.25, 0.3) is 5.91 Å². The standard InChI is InChI=1S/C13H19FN2O2/c1-9(7-15)8-16(2)13(17)11-6-10(14)4-5-12(11)18-3/h4-6,9H,7-8,15H2,1-3H3. The number of halogens is 1. The van der Waals surface area contributed by atoms with Crippen LogP contribution in [0.25, 0.3) is 0 Å². The van der Waals surface area contributed by atoms with Gasteiger partial charge in [0, 0.05) is 13.6 Å². The Morgan fingerprint density at radius 3 is 2.78 bits per heavy atom. The summed E-state index contributed by atoms with van der Waals surface area (Å²) in [7, 11) is 3.12. The number of nitrogens with zero attached hydrogens (tertiary/aromatic N) is 1. The van der Waals surface area contributed by atoms with Crippen LogP contribution in [0, 0.1) is 11.7 Å². The molecule has 1 rings (SSSR count). The molecule has 2 N–H and O–H groups in total. The summed E-state index contributed by atoms with van der Waals surface area (Å²) >= 11 is 0. The molecule has 0 saturated carbocycles. The van der Waals surface area contributed by atoms with E-state index in [0.29, 0.717) is 18.8 Å². The maximum atomic E-state index is 13.2. The van der Waals surface area contributed by atoms with E-state index in [4.69, 9.17) is 10.5 Å². The lowest BCUT2D eigenvalue weighted by atomic mass is 10.1. The Bertz CT molecular complexity index is 423. The Morgan fingerprint density at radius 1 is 1.56 bits per heavy atom. The second-order valence-electron chi connectivity index (χ2n) is 4.37. The molecule has 0 aliphatic rings. The number of methoxy groups -OCH3 is 1. The number of hydrogen-bond donors (Lipinski definition) is 1. The normalized spacial score (nSPS) is 12.1. The summed E-state index contributed by atoms with van der Waals surface area (Å²) in [6, 6.07) is 3.89. The molecule has 0 saturated heterocycles. The molecule has 1 unspecified atom stereocenters. The first-order chi connectivity index (χ1) is 8.49. The van der Waals surface area contributed by atoms with Crippen molar-refractivity contribution in [2.45, 2.75) is 6.92 Å². The fourth-order valence-electron chi connectivity index (χ4n) is 1.68. The van der Waals surface area contributed by atoms with E-state index in [2.05, 4.69) is 0 Å². The summed E-state index contributed by atoms with van der Waals surface area (Å²) in [4.78, 5) is 13.7. The van der Waals surface area contributed by atoms with Crippen LogP contribution in [-0.4, -0.2) is 38.1 Å². The van der Waals surface area contributed by atoms with Crippen molar-refractivity contribution in [1.82, 2.24) is 4.90 Å². The quantitative estimate of drug-likeness (QED) is 0.866. The van der Waals surface area contributed by atoms with Crippen molar-refractivity contribution in [3.05, 3.63) is 29.6 Å². The molecule has 18 heavy (non-hydrogen) atoms. The molecule has 0 aliphatic carbocycles. The van der Waals surface area contributed by atoms with Crippen molar-refractivity contribution in [2.24, 2.45) is 11.7 Å². The molecule has 0 fully saturated rings. The number of rotatable bonds is 5. The van der Waals surface area contributed by atoms with Crippen LogP contribution in [0.3, 0.4) is 0 Å². The number of hydrogen-bond acceptors (Lipinski definition) is 3. The molecule has 100 valence electrons. The zero-order valence-electron chi connectivity index (χ0n) is 10.9. The molecule has 0 radical (unpaired) electrons. The topological polar surface area (TPSA) is 55.6 Å². The summed E-state index contributed by atoms with van der Waals surface area (Å²) in [5.41, 5.74) is 5.74. The monoisotopic (exact) mass is 254 g/mol. The lowest BCUT2D eigenvalue weighted by molar-refractivity contribution is 0.0773. The molecule has 0 spiro atoms. The second-order valence-corrected chi connectivity index (χ2v) is 4.37. The zero-order chi connectivity index (χ0) is 13.7. The summed E-state index contributed by atoms with van der Waals surface area (Å²) in [5, 5.41) is 0. The van der Waals surface area contributed by atoms with Gasteiger partial charge in [0.2, 0.25) is 0 Å². The average Bonchev–Trinajstić information content (AvgIpc) is 2.37. The molecule has 0 aliphatic heterocycles. The fourth-order valence-corrected chi connectivity index (χ4v) is 1.68. The summed E-state index contributed by atoms with van der Waals surface area (Å²) in [6.45, 7) is 2.97. The second kappa shape index (κ2) is 6.35. The Morgan fingerprint density at radius 2 is 2.22 bits per heavy atom. The maximum absolute atomic E-state index is 13.2. The SMILES string of the molecule is COc1ccc(F)cc1C(=O)N(C)CC(C)CN. The van der Waals surface area contributed by atoms with Crippen LogP contribution >= 0.6 is 0 Å². The van der Waals surface area contributed by atoms with Crippen LogP contribution < -0.4 is 10.5 Å². The Labute approximate surface area is 107 Å². The van der Waals surface area contributed by atoms with Gasteiger partial charge < -0.3 is 15.4 Å². The summed E-state index contributed by atoms with van der Waals surface area (Å²) in [6.07, 6.45) is 0. The number of nitrogens with two attached hydrogens (primary N) is 1. The Hall–Kier alpha value is -1.62. The summed E-state index contributed by atoms with van der Waals surface area (Å²) < 4.78 is 18.3. The van der Waals surface area contributed by atoms with Crippen molar-refractivity contribution in [3.8, 4) is 5.75 Å². The van der Waals surface area contributed by atoms with E-state index in [9.17, 15) is 9.18 Å². The van der Waals surface area contributed by atoms with Crippen LogP contribution in [0.1, 0.15) is 17.3 Å². The van der Waals surface area contributed by atoms with Gasteiger partial charge in [0.05, 0.1) is 12.7 Å². The van der Waals surface area contributed by atoms with Gasteiger partial charge in [-0.3, -0.25) is 4.79 Å². The van der Waals surface area contributed by atoms with Gasteiger partial charge in [-0.05, 0) is 30.7 Å². The number of benzene rings is 1. The molecular weight excluding hydrogens is 235 g/mol. The van der Waals surface area contributed by atoms with E-state index in [-0.39, 0.29) is 17.4 Å². The first-order valence-corrected chi connectivity index (χ1v) is 5.78. The van der Waals surface area contributed by atoms with Crippen molar-refractivity contribution < 1.29 is 13.9 Å². The minimum atomic E-state index is -0.459. The molecule has 5 heteroatoms. The van der Waals surface area contributed by atoms with Crippen molar-refractivity contribution >= 4 is 5.91 Å². The van der Waals surface area contributed by atoms with Crippen LogP contribution in [0.2, 0.25) is 0 Å². The molecule has 1 atom stereocenters. The predicted molar refractivity (Wildman–Crippen MR) is 68.1 cm³/mol. The third-order valence-electron chi connectivity index (χ3n) is 2.73. The van der Waals surface area contributed by atoms with Gasteiger partial charge in [-0.1, -0.05) is 6.92 Å².